The SMILES string of the molecule is O=CNCCCNC(=O)c1nn(Cc2ccccc2)c2c1CNCC2. The first kappa shape index (κ1) is 17.2. The second-order valence-corrected chi connectivity index (χ2v) is 6.03. The van der Waals surface area contributed by atoms with Gasteiger partial charge in [-0.2, -0.15) is 5.10 Å². The van der Waals surface area contributed by atoms with Gasteiger partial charge in [0.05, 0.1) is 6.54 Å². The zero-order chi connectivity index (χ0) is 17.5. The average molecular weight is 341 g/mol. The highest BCUT2D eigenvalue weighted by atomic mass is 16.2. The van der Waals surface area contributed by atoms with Gasteiger partial charge in [0.1, 0.15) is 0 Å². The molecule has 1 aliphatic rings. The van der Waals surface area contributed by atoms with Gasteiger partial charge in [-0.1, -0.05) is 30.3 Å². The molecule has 2 amide bonds. The molecule has 0 aliphatic carbocycles. The summed E-state index contributed by atoms with van der Waals surface area (Å²) in [7, 11) is 0. The molecule has 25 heavy (non-hydrogen) atoms. The maximum absolute atomic E-state index is 12.5. The first-order valence-electron chi connectivity index (χ1n) is 8.58. The van der Waals surface area contributed by atoms with Crippen LogP contribution >= 0.6 is 0 Å². The first-order valence-corrected chi connectivity index (χ1v) is 8.58. The molecule has 0 saturated carbocycles. The normalized spacial score (nSPS) is 13.1. The van der Waals surface area contributed by atoms with Crippen molar-refractivity contribution in [1.29, 1.82) is 0 Å². The number of nitrogens with one attached hydrogen (secondary N) is 3. The van der Waals surface area contributed by atoms with Gasteiger partial charge in [-0.15, -0.1) is 0 Å². The van der Waals surface area contributed by atoms with Gasteiger partial charge >= 0.3 is 0 Å². The van der Waals surface area contributed by atoms with E-state index in [1.54, 1.807) is 0 Å². The summed E-state index contributed by atoms with van der Waals surface area (Å²) in [4.78, 5) is 22.7. The smallest absolute Gasteiger partial charge is 0.272 e. The van der Waals surface area contributed by atoms with Gasteiger partial charge in [0.25, 0.3) is 5.91 Å². The molecule has 1 aliphatic heterocycles. The van der Waals surface area contributed by atoms with Crippen LogP contribution in [0.15, 0.2) is 30.3 Å². The van der Waals surface area contributed by atoms with Crippen molar-refractivity contribution >= 4 is 12.3 Å². The Balaban J connectivity index is 1.73. The third kappa shape index (κ3) is 4.24. The number of carbonyl (C=O) groups excluding carboxylic acids is 2. The predicted octanol–water partition coefficient (Wildman–Crippen LogP) is 0.443. The average Bonchev–Trinajstić information content (AvgIpc) is 3.01. The molecule has 132 valence electrons. The fourth-order valence-corrected chi connectivity index (χ4v) is 3.02. The van der Waals surface area contributed by atoms with Crippen molar-refractivity contribution in [3.8, 4) is 0 Å². The van der Waals surface area contributed by atoms with Crippen molar-refractivity contribution in [2.45, 2.75) is 25.9 Å². The van der Waals surface area contributed by atoms with Gasteiger partial charge in [0.15, 0.2) is 5.69 Å². The number of carbonyl (C=O) groups is 2. The van der Waals surface area contributed by atoms with Crippen molar-refractivity contribution in [3.05, 3.63) is 52.8 Å². The lowest BCUT2D eigenvalue weighted by Crippen LogP contribution is -2.30. The van der Waals surface area contributed by atoms with E-state index in [9.17, 15) is 9.59 Å². The van der Waals surface area contributed by atoms with Gasteiger partial charge < -0.3 is 16.0 Å². The molecule has 1 aromatic heterocycles. The molecule has 0 spiro atoms. The Morgan fingerprint density at radius 1 is 1.28 bits per heavy atom. The Morgan fingerprint density at radius 3 is 2.92 bits per heavy atom. The summed E-state index contributed by atoms with van der Waals surface area (Å²) >= 11 is 0. The third-order valence-corrected chi connectivity index (χ3v) is 4.26. The van der Waals surface area contributed by atoms with Crippen LogP contribution in [0.3, 0.4) is 0 Å². The highest BCUT2D eigenvalue weighted by Gasteiger charge is 2.24. The molecular formula is C18H23N5O2. The van der Waals surface area contributed by atoms with E-state index in [-0.39, 0.29) is 5.91 Å². The van der Waals surface area contributed by atoms with E-state index in [1.165, 1.54) is 5.56 Å². The second-order valence-electron chi connectivity index (χ2n) is 6.03. The third-order valence-electron chi connectivity index (χ3n) is 4.26. The Bertz CT molecular complexity index is 727. The molecule has 7 heteroatoms. The summed E-state index contributed by atoms with van der Waals surface area (Å²) in [6, 6.07) is 10.1. The quantitative estimate of drug-likeness (QED) is 0.480. The van der Waals surface area contributed by atoms with Crippen LogP contribution in [0.4, 0.5) is 0 Å². The molecule has 0 fully saturated rings. The highest BCUT2D eigenvalue weighted by Crippen LogP contribution is 2.19. The molecule has 0 radical (unpaired) electrons. The number of fused-ring (bicyclic) bond motifs is 1. The van der Waals surface area contributed by atoms with Crippen LogP contribution in [0.2, 0.25) is 0 Å². The van der Waals surface area contributed by atoms with Gasteiger partial charge in [-0.3, -0.25) is 14.3 Å². The predicted molar refractivity (Wildman–Crippen MR) is 94.2 cm³/mol. The van der Waals surface area contributed by atoms with E-state index < -0.39 is 0 Å². The molecule has 0 bridgehead atoms. The van der Waals surface area contributed by atoms with E-state index in [1.807, 2.05) is 22.9 Å². The minimum Gasteiger partial charge on any atom is -0.359 e. The van der Waals surface area contributed by atoms with Crippen LogP contribution in [-0.2, 0) is 24.3 Å². The molecule has 2 heterocycles. The standard InChI is InChI=1S/C18H23N5O2/c24-13-20-8-4-9-21-18(25)17-15-11-19-10-7-16(15)23(22-17)12-14-5-2-1-3-6-14/h1-3,5-6,13,19H,4,7-12H2,(H,20,24)(H,21,25). The molecule has 1 aromatic carbocycles. The number of hydrogen-bond acceptors (Lipinski definition) is 4. The molecule has 3 rings (SSSR count). The van der Waals surface area contributed by atoms with Gasteiger partial charge in [-0.25, -0.2) is 0 Å². The number of benzene rings is 1. The summed E-state index contributed by atoms with van der Waals surface area (Å²) in [6.45, 7) is 3.28. The first-order chi connectivity index (χ1) is 12.3. The summed E-state index contributed by atoms with van der Waals surface area (Å²) < 4.78 is 1.95. The number of aromatic nitrogens is 2. The maximum Gasteiger partial charge on any atom is 0.272 e. The minimum absolute atomic E-state index is 0.155. The minimum atomic E-state index is -0.155. The molecule has 2 aromatic rings. The van der Waals surface area contributed by atoms with E-state index in [0.29, 0.717) is 44.7 Å². The van der Waals surface area contributed by atoms with Crippen molar-refractivity contribution in [1.82, 2.24) is 25.7 Å². The summed E-state index contributed by atoms with van der Waals surface area (Å²) in [5.74, 6) is -0.155. The molecule has 0 atom stereocenters. The van der Waals surface area contributed by atoms with Crippen molar-refractivity contribution in [2.75, 3.05) is 19.6 Å². The zero-order valence-corrected chi connectivity index (χ0v) is 14.1. The van der Waals surface area contributed by atoms with Crippen LogP contribution in [0.5, 0.6) is 0 Å². The molecular weight excluding hydrogens is 318 g/mol. The van der Waals surface area contributed by atoms with Crippen LogP contribution < -0.4 is 16.0 Å². The maximum atomic E-state index is 12.5. The fraction of sp³-hybridized carbons (Fsp3) is 0.389. The Kier molecular flexibility index (Phi) is 5.79. The van der Waals surface area contributed by atoms with Crippen molar-refractivity contribution < 1.29 is 9.59 Å². The number of nitrogens with zero attached hydrogens (tertiary/aromatic N) is 2. The van der Waals surface area contributed by atoms with Crippen LogP contribution in [0.25, 0.3) is 0 Å². The van der Waals surface area contributed by atoms with Crippen LogP contribution in [0, 0.1) is 0 Å². The topological polar surface area (TPSA) is 88.1 Å². The number of rotatable bonds is 8. The lowest BCUT2D eigenvalue weighted by Gasteiger charge is -2.15. The van der Waals surface area contributed by atoms with E-state index in [2.05, 4.69) is 33.2 Å². The summed E-state index contributed by atoms with van der Waals surface area (Å²) in [5, 5.41) is 13.4. The van der Waals surface area contributed by atoms with Crippen LogP contribution in [-0.4, -0.2) is 41.7 Å². The lowest BCUT2D eigenvalue weighted by atomic mass is 10.1. The largest absolute Gasteiger partial charge is 0.359 e. The second kappa shape index (κ2) is 8.43. The van der Waals surface area contributed by atoms with Crippen molar-refractivity contribution in [2.24, 2.45) is 0 Å². The van der Waals surface area contributed by atoms with Crippen molar-refractivity contribution in [3.63, 3.8) is 0 Å². The van der Waals surface area contributed by atoms with E-state index in [4.69, 9.17) is 0 Å². The lowest BCUT2D eigenvalue weighted by molar-refractivity contribution is -0.109. The molecule has 0 unspecified atom stereocenters. The highest BCUT2D eigenvalue weighted by molar-refractivity contribution is 5.94. The molecule has 7 nitrogen and oxygen atoms in total. The Labute approximate surface area is 146 Å². The monoisotopic (exact) mass is 341 g/mol. The summed E-state index contributed by atoms with van der Waals surface area (Å²) in [5.41, 5.74) is 3.79. The Hall–Kier alpha value is -2.67. The van der Waals surface area contributed by atoms with Gasteiger partial charge in [0.2, 0.25) is 6.41 Å². The number of hydrogen-bond donors (Lipinski definition) is 3. The fourth-order valence-electron chi connectivity index (χ4n) is 3.02. The van der Waals surface area contributed by atoms with Crippen LogP contribution in [0.1, 0.15) is 33.7 Å². The van der Waals surface area contributed by atoms with Gasteiger partial charge in [0, 0.05) is 43.9 Å². The van der Waals surface area contributed by atoms with Gasteiger partial charge in [-0.05, 0) is 12.0 Å². The number of amides is 2. The zero-order valence-electron chi connectivity index (χ0n) is 14.1. The van der Waals surface area contributed by atoms with E-state index >= 15 is 0 Å². The summed E-state index contributed by atoms with van der Waals surface area (Å²) in [6.07, 6.45) is 2.22. The Morgan fingerprint density at radius 2 is 2.12 bits per heavy atom. The molecule has 0 saturated heterocycles. The van der Waals surface area contributed by atoms with E-state index in [0.717, 1.165) is 24.2 Å². The molecule has 3 N–H and O–H groups in total.